The van der Waals surface area contributed by atoms with Gasteiger partial charge >= 0.3 is 0 Å². The third-order valence-electron chi connectivity index (χ3n) is 5.41. The molecule has 0 aliphatic carbocycles. The second-order valence-corrected chi connectivity index (χ2v) is 8.81. The molecule has 0 spiro atoms. The molecule has 2 heterocycles. The number of piperidine rings is 1. The molecular weight excluding hydrogens is 466 g/mol. The van der Waals surface area contributed by atoms with Crippen LogP contribution in [0.4, 0.5) is 0 Å². The van der Waals surface area contributed by atoms with E-state index in [9.17, 15) is 4.79 Å². The topological polar surface area (TPSA) is 58.4 Å². The van der Waals surface area contributed by atoms with Crippen LogP contribution in [-0.2, 0) is 0 Å². The molecule has 1 N–H and O–H groups in total. The molecule has 0 unspecified atom stereocenters. The van der Waals surface area contributed by atoms with Gasteiger partial charge in [0.05, 0.1) is 6.04 Å². The number of rotatable bonds is 6. The number of carbonyl (C=O) groups is 1. The van der Waals surface area contributed by atoms with Crippen LogP contribution >= 0.6 is 27.5 Å². The summed E-state index contributed by atoms with van der Waals surface area (Å²) >= 11 is 9.48. The predicted octanol–water partition coefficient (Wildman–Crippen LogP) is 5.71. The normalized spacial score (nSPS) is 15.7. The standard InChI is InChI=1S/C23H23BrClN3O2/c24-18-8-4-17(5-9-18)22-14-20(27-30-22)23(29)26-15-21(28-12-2-1-3-13-28)16-6-10-19(25)11-7-16/h4-11,14,21H,1-3,12-13,15H2,(H,26,29)/t21-/m0/s1. The lowest BCUT2D eigenvalue weighted by atomic mass is 10.0. The third-order valence-corrected chi connectivity index (χ3v) is 6.19. The lowest BCUT2D eigenvalue weighted by Gasteiger charge is -2.35. The van der Waals surface area contributed by atoms with Gasteiger partial charge in [-0.05, 0) is 55.8 Å². The van der Waals surface area contributed by atoms with E-state index in [4.69, 9.17) is 16.1 Å². The van der Waals surface area contributed by atoms with Gasteiger partial charge in [0.25, 0.3) is 5.91 Å². The number of hydrogen-bond acceptors (Lipinski definition) is 4. The Hall–Kier alpha value is -2.15. The number of aromatic nitrogens is 1. The number of halogens is 2. The van der Waals surface area contributed by atoms with E-state index < -0.39 is 0 Å². The van der Waals surface area contributed by atoms with Crippen LogP contribution < -0.4 is 5.32 Å². The van der Waals surface area contributed by atoms with E-state index in [1.165, 1.54) is 19.3 Å². The molecule has 30 heavy (non-hydrogen) atoms. The molecular formula is C23H23BrClN3O2. The summed E-state index contributed by atoms with van der Waals surface area (Å²) < 4.78 is 6.36. The average molecular weight is 489 g/mol. The van der Waals surface area contributed by atoms with Crippen LogP contribution in [0.2, 0.25) is 5.02 Å². The highest BCUT2D eigenvalue weighted by Gasteiger charge is 2.24. The minimum absolute atomic E-state index is 0.101. The monoisotopic (exact) mass is 487 g/mol. The highest BCUT2D eigenvalue weighted by atomic mass is 79.9. The van der Waals surface area contributed by atoms with Gasteiger partial charge in [0.15, 0.2) is 11.5 Å². The Morgan fingerprint density at radius 2 is 1.80 bits per heavy atom. The van der Waals surface area contributed by atoms with E-state index in [2.05, 4.69) is 31.3 Å². The maximum atomic E-state index is 12.7. The van der Waals surface area contributed by atoms with Crippen molar-refractivity contribution in [3.8, 4) is 11.3 Å². The first-order valence-corrected chi connectivity index (χ1v) is 11.3. The van der Waals surface area contributed by atoms with E-state index in [1.54, 1.807) is 6.07 Å². The molecule has 0 saturated carbocycles. The van der Waals surface area contributed by atoms with Gasteiger partial charge in [-0.15, -0.1) is 0 Å². The molecule has 1 atom stereocenters. The van der Waals surface area contributed by atoms with Gasteiger partial charge in [0.2, 0.25) is 0 Å². The highest BCUT2D eigenvalue weighted by Crippen LogP contribution is 2.26. The average Bonchev–Trinajstić information content (AvgIpc) is 3.27. The van der Waals surface area contributed by atoms with Crippen LogP contribution in [0.5, 0.6) is 0 Å². The van der Waals surface area contributed by atoms with E-state index in [0.29, 0.717) is 17.3 Å². The molecule has 0 radical (unpaired) electrons. The van der Waals surface area contributed by atoms with Crippen molar-refractivity contribution in [3.05, 3.63) is 75.4 Å². The molecule has 1 amide bonds. The van der Waals surface area contributed by atoms with E-state index in [1.807, 2.05) is 48.5 Å². The summed E-state index contributed by atoms with van der Waals surface area (Å²) in [5, 5.41) is 7.71. The van der Waals surface area contributed by atoms with Gasteiger partial charge in [-0.3, -0.25) is 9.69 Å². The molecule has 4 rings (SSSR count). The van der Waals surface area contributed by atoms with Gasteiger partial charge in [-0.25, -0.2) is 0 Å². The molecule has 0 bridgehead atoms. The molecule has 1 aromatic heterocycles. The SMILES string of the molecule is O=C(NC[C@@H](c1ccc(Cl)cc1)N1CCCCC1)c1cc(-c2ccc(Br)cc2)on1. The Bertz CT molecular complexity index is 982. The first-order valence-electron chi connectivity index (χ1n) is 10.1. The molecule has 3 aromatic rings. The van der Waals surface area contributed by atoms with Crippen molar-refractivity contribution >= 4 is 33.4 Å². The van der Waals surface area contributed by atoms with Crippen molar-refractivity contribution in [2.75, 3.05) is 19.6 Å². The fraction of sp³-hybridized carbons (Fsp3) is 0.304. The second-order valence-electron chi connectivity index (χ2n) is 7.46. The number of hydrogen-bond donors (Lipinski definition) is 1. The van der Waals surface area contributed by atoms with Crippen molar-refractivity contribution in [1.82, 2.24) is 15.4 Å². The molecule has 156 valence electrons. The summed E-state index contributed by atoms with van der Waals surface area (Å²) in [6, 6.07) is 17.3. The number of carbonyl (C=O) groups excluding carboxylic acids is 1. The quantitative estimate of drug-likeness (QED) is 0.482. The number of nitrogens with one attached hydrogen (secondary N) is 1. The Labute approximate surface area is 189 Å². The van der Waals surface area contributed by atoms with Crippen LogP contribution in [0.3, 0.4) is 0 Å². The lowest BCUT2D eigenvalue weighted by Crippen LogP contribution is -2.40. The number of amides is 1. The van der Waals surface area contributed by atoms with Gasteiger partial charge in [0.1, 0.15) is 0 Å². The van der Waals surface area contributed by atoms with Crippen LogP contribution in [-0.4, -0.2) is 35.6 Å². The van der Waals surface area contributed by atoms with E-state index >= 15 is 0 Å². The van der Waals surface area contributed by atoms with Gasteiger partial charge in [-0.2, -0.15) is 0 Å². The van der Waals surface area contributed by atoms with E-state index in [-0.39, 0.29) is 17.6 Å². The first-order chi connectivity index (χ1) is 14.6. The van der Waals surface area contributed by atoms with Gasteiger partial charge in [0, 0.05) is 27.7 Å². The smallest absolute Gasteiger partial charge is 0.273 e. The lowest BCUT2D eigenvalue weighted by molar-refractivity contribution is 0.0915. The summed E-state index contributed by atoms with van der Waals surface area (Å²) in [6.45, 7) is 2.56. The highest BCUT2D eigenvalue weighted by molar-refractivity contribution is 9.10. The number of likely N-dealkylation sites (tertiary alicyclic amines) is 1. The number of nitrogens with zero attached hydrogens (tertiary/aromatic N) is 2. The Morgan fingerprint density at radius 1 is 1.10 bits per heavy atom. The minimum atomic E-state index is -0.238. The van der Waals surface area contributed by atoms with E-state index in [0.717, 1.165) is 28.7 Å². The zero-order valence-corrected chi connectivity index (χ0v) is 18.8. The number of benzene rings is 2. The molecule has 5 nitrogen and oxygen atoms in total. The summed E-state index contributed by atoms with van der Waals surface area (Å²) in [5.41, 5.74) is 2.30. The molecule has 1 aliphatic heterocycles. The van der Waals surface area contributed by atoms with Crippen molar-refractivity contribution in [2.45, 2.75) is 25.3 Å². The molecule has 2 aromatic carbocycles. The van der Waals surface area contributed by atoms with Crippen molar-refractivity contribution < 1.29 is 9.32 Å². The Balaban J connectivity index is 1.45. The van der Waals surface area contributed by atoms with Crippen molar-refractivity contribution in [2.24, 2.45) is 0 Å². The summed E-state index contributed by atoms with van der Waals surface area (Å²) in [4.78, 5) is 15.2. The van der Waals surface area contributed by atoms with Crippen LogP contribution in [0.25, 0.3) is 11.3 Å². The Kier molecular flexibility index (Phi) is 6.87. The fourth-order valence-electron chi connectivity index (χ4n) is 3.79. The molecule has 7 heteroatoms. The first kappa shape index (κ1) is 21.1. The minimum Gasteiger partial charge on any atom is -0.355 e. The zero-order chi connectivity index (χ0) is 20.9. The predicted molar refractivity (Wildman–Crippen MR) is 122 cm³/mol. The third kappa shape index (κ3) is 5.12. The summed E-state index contributed by atoms with van der Waals surface area (Å²) in [5.74, 6) is 0.330. The van der Waals surface area contributed by atoms with Crippen molar-refractivity contribution in [1.29, 1.82) is 0 Å². The molecule has 1 fully saturated rings. The van der Waals surface area contributed by atoms with Gasteiger partial charge in [-0.1, -0.05) is 63.4 Å². The van der Waals surface area contributed by atoms with Crippen molar-refractivity contribution in [3.63, 3.8) is 0 Å². The fourth-order valence-corrected chi connectivity index (χ4v) is 4.18. The largest absolute Gasteiger partial charge is 0.355 e. The molecule has 1 aliphatic rings. The molecule has 1 saturated heterocycles. The summed E-state index contributed by atoms with van der Waals surface area (Å²) in [6.07, 6.45) is 3.61. The Morgan fingerprint density at radius 3 is 2.50 bits per heavy atom. The van der Waals surface area contributed by atoms with Crippen LogP contribution in [0.1, 0.15) is 41.4 Å². The maximum Gasteiger partial charge on any atom is 0.273 e. The maximum absolute atomic E-state index is 12.7. The second kappa shape index (κ2) is 9.77. The zero-order valence-electron chi connectivity index (χ0n) is 16.5. The van der Waals surface area contributed by atoms with Crippen LogP contribution in [0.15, 0.2) is 63.6 Å². The summed E-state index contributed by atoms with van der Waals surface area (Å²) in [7, 11) is 0. The van der Waals surface area contributed by atoms with Crippen LogP contribution in [0, 0.1) is 0 Å². The van der Waals surface area contributed by atoms with Gasteiger partial charge < -0.3 is 9.84 Å².